The van der Waals surface area contributed by atoms with E-state index in [0.717, 1.165) is 5.56 Å². The van der Waals surface area contributed by atoms with Crippen molar-refractivity contribution in [2.45, 2.75) is 31.8 Å². The summed E-state index contributed by atoms with van der Waals surface area (Å²) < 4.78 is 10.7. The molecule has 16 heavy (non-hydrogen) atoms. The summed E-state index contributed by atoms with van der Waals surface area (Å²) in [6.45, 7) is 2.19. The predicted octanol–water partition coefficient (Wildman–Crippen LogP) is 0.842. The summed E-state index contributed by atoms with van der Waals surface area (Å²) in [6.07, 6.45) is -1.79. The number of aryl methyl sites for hydroxylation is 1. The fraction of sp³-hybridized carbons (Fsp3) is 0.500. The van der Waals surface area contributed by atoms with Crippen LogP contribution in [0.3, 0.4) is 0 Å². The van der Waals surface area contributed by atoms with Crippen LogP contribution in [0.4, 0.5) is 0 Å². The molecule has 0 radical (unpaired) electrons. The van der Waals surface area contributed by atoms with Gasteiger partial charge in [-0.15, -0.1) is 0 Å². The molecule has 0 amide bonds. The minimum Gasteiger partial charge on any atom is -0.462 e. The Balaban J connectivity index is 1.96. The van der Waals surface area contributed by atoms with E-state index in [0.29, 0.717) is 5.75 Å². The van der Waals surface area contributed by atoms with Crippen molar-refractivity contribution in [3.05, 3.63) is 29.8 Å². The predicted molar refractivity (Wildman–Crippen MR) is 58.2 cm³/mol. The fourth-order valence-corrected chi connectivity index (χ4v) is 1.64. The summed E-state index contributed by atoms with van der Waals surface area (Å²) in [5.41, 5.74) is 1.15. The standard InChI is InChI=1S/C12H16O4/c1-8-2-4-10(5-3-8)16-12-11(14)6-9(13)7-15-12/h2-5,9,11-14H,6-7H2,1H3/t9-,11?,12?/m0/s1. The van der Waals surface area contributed by atoms with Crippen LogP contribution in [-0.2, 0) is 4.74 Å². The molecule has 1 aliphatic heterocycles. The van der Waals surface area contributed by atoms with Crippen molar-refractivity contribution in [3.63, 3.8) is 0 Å². The Morgan fingerprint density at radius 1 is 1.25 bits per heavy atom. The Hall–Kier alpha value is -1.10. The van der Waals surface area contributed by atoms with E-state index in [-0.39, 0.29) is 13.0 Å². The first-order valence-corrected chi connectivity index (χ1v) is 5.36. The fourth-order valence-electron chi connectivity index (χ4n) is 1.64. The number of rotatable bonds is 2. The van der Waals surface area contributed by atoms with Gasteiger partial charge >= 0.3 is 0 Å². The van der Waals surface area contributed by atoms with Crippen LogP contribution in [0.5, 0.6) is 5.75 Å². The Labute approximate surface area is 94.4 Å². The Bertz CT molecular complexity index is 335. The molecule has 4 nitrogen and oxygen atoms in total. The lowest BCUT2D eigenvalue weighted by Gasteiger charge is -2.31. The highest BCUT2D eigenvalue weighted by Crippen LogP contribution is 2.20. The number of ether oxygens (including phenoxy) is 2. The summed E-state index contributed by atoms with van der Waals surface area (Å²) in [6, 6.07) is 7.52. The maximum atomic E-state index is 9.65. The van der Waals surface area contributed by atoms with E-state index < -0.39 is 18.5 Å². The van der Waals surface area contributed by atoms with Crippen molar-refractivity contribution < 1.29 is 19.7 Å². The molecule has 1 aliphatic rings. The lowest BCUT2D eigenvalue weighted by atomic mass is 10.1. The number of aliphatic hydroxyl groups excluding tert-OH is 2. The van der Waals surface area contributed by atoms with Crippen molar-refractivity contribution in [1.29, 1.82) is 0 Å². The van der Waals surface area contributed by atoms with Gasteiger partial charge in [0.2, 0.25) is 6.29 Å². The van der Waals surface area contributed by atoms with E-state index in [1.54, 1.807) is 0 Å². The van der Waals surface area contributed by atoms with Crippen LogP contribution in [0.2, 0.25) is 0 Å². The van der Waals surface area contributed by atoms with Crippen LogP contribution >= 0.6 is 0 Å². The van der Waals surface area contributed by atoms with E-state index in [9.17, 15) is 10.2 Å². The lowest BCUT2D eigenvalue weighted by molar-refractivity contribution is -0.198. The van der Waals surface area contributed by atoms with Gasteiger partial charge in [-0.3, -0.25) is 0 Å². The number of hydrogen-bond donors (Lipinski definition) is 2. The molecule has 2 rings (SSSR count). The molecule has 1 aromatic rings. The van der Waals surface area contributed by atoms with E-state index in [1.807, 2.05) is 31.2 Å². The Morgan fingerprint density at radius 3 is 2.56 bits per heavy atom. The zero-order valence-corrected chi connectivity index (χ0v) is 9.17. The van der Waals surface area contributed by atoms with Gasteiger partial charge in [-0.05, 0) is 19.1 Å². The van der Waals surface area contributed by atoms with Crippen LogP contribution in [0.1, 0.15) is 12.0 Å². The minimum absolute atomic E-state index is 0.202. The molecule has 4 heteroatoms. The first kappa shape index (κ1) is 11.4. The van der Waals surface area contributed by atoms with Crippen molar-refractivity contribution in [2.75, 3.05) is 6.61 Å². The summed E-state index contributed by atoms with van der Waals surface area (Å²) in [5.74, 6) is 0.658. The van der Waals surface area contributed by atoms with Gasteiger partial charge in [-0.2, -0.15) is 0 Å². The second kappa shape index (κ2) is 4.82. The molecule has 1 heterocycles. The molecule has 3 atom stereocenters. The van der Waals surface area contributed by atoms with Gasteiger partial charge in [0.05, 0.1) is 12.7 Å². The zero-order chi connectivity index (χ0) is 11.5. The van der Waals surface area contributed by atoms with Crippen LogP contribution < -0.4 is 4.74 Å². The van der Waals surface area contributed by atoms with Crippen LogP contribution in [0.15, 0.2) is 24.3 Å². The molecule has 0 bridgehead atoms. The van der Waals surface area contributed by atoms with E-state index in [2.05, 4.69) is 0 Å². The first-order valence-electron chi connectivity index (χ1n) is 5.36. The average Bonchev–Trinajstić information content (AvgIpc) is 2.25. The monoisotopic (exact) mass is 224 g/mol. The third-order valence-electron chi connectivity index (χ3n) is 2.55. The molecule has 2 N–H and O–H groups in total. The molecular formula is C12H16O4. The Morgan fingerprint density at radius 2 is 1.94 bits per heavy atom. The molecule has 1 fully saturated rings. The summed E-state index contributed by atoms with van der Waals surface area (Å²) in [4.78, 5) is 0. The van der Waals surface area contributed by atoms with Crippen LogP contribution in [0.25, 0.3) is 0 Å². The van der Waals surface area contributed by atoms with Gasteiger partial charge in [0.1, 0.15) is 11.9 Å². The third kappa shape index (κ3) is 2.72. The van der Waals surface area contributed by atoms with Gasteiger partial charge in [-0.1, -0.05) is 17.7 Å². The van der Waals surface area contributed by atoms with Gasteiger partial charge in [0.15, 0.2) is 0 Å². The molecule has 0 saturated carbocycles. The van der Waals surface area contributed by atoms with E-state index >= 15 is 0 Å². The third-order valence-corrected chi connectivity index (χ3v) is 2.55. The van der Waals surface area contributed by atoms with E-state index in [1.165, 1.54) is 0 Å². The zero-order valence-electron chi connectivity index (χ0n) is 9.17. The Kier molecular flexibility index (Phi) is 3.43. The van der Waals surface area contributed by atoms with Gasteiger partial charge < -0.3 is 19.7 Å². The average molecular weight is 224 g/mol. The summed E-state index contributed by atoms with van der Waals surface area (Å²) in [7, 11) is 0. The largest absolute Gasteiger partial charge is 0.462 e. The number of aliphatic hydroxyl groups is 2. The quantitative estimate of drug-likeness (QED) is 0.781. The molecule has 88 valence electrons. The minimum atomic E-state index is -0.787. The van der Waals surface area contributed by atoms with Crippen LogP contribution in [0, 0.1) is 6.92 Å². The van der Waals surface area contributed by atoms with Gasteiger partial charge in [-0.25, -0.2) is 0 Å². The van der Waals surface area contributed by atoms with Crippen molar-refractivity contribution in [2.24, 2.45) is 0 Å². The normalized spacial score (nSPS) is 30.1. The lowest BCUT2D eigenvalue weighted by Crippen LogP contribution is -2.44. The second-order valence-electron chi connectivity index (χ2n) is 4.09. The molecule has 0 spiro atoms. The first-order chi connectivity index (χ1) is 7.65. The smallest absolute Gasteiger partial charge is 0.226 e. The highest BCUT2D eigenvalue weighted by Gasteiger charge is 2.30. The molecule has 0 aromatic heterocycles. The van der Waals surface area contributed by atoms with Crippen LogP contribution in [-0.4, -0.2) is 35.3 Å². The summed E-state index contributed by atoms with van der Waals surface area (Å²) in [5, 5.41) is 18.9. The highest BCUT2D eigenvalue weighted by atomic mass is 16.7. The van der Waals surface area contributed by atoms with E-state index in [4.69, 9.17) is 9.47 Å². The molecule has 0 aliphatic carbocycles. The topological polar surface area (TPSA) is 58.9 Å². The van der Waals surface area contributed by atoms with Gasteiger partial charge in [0.25, 0.3) is 0 Å². The molecule has 1 saturated heterocycles. The second-order valence-corrected chi connectivity index (χ2v) is 4.09. The van der Waals surface area contributed by atoms with Crippen molar-refractivity contribution in [3.8, 4) is 5.75 Å². The maximum Gasteiger partial charge on any atom is 0.226 e. The van der Waals surface area contributed by atoms with Crippen molar-refractivity contribution >= 4 is 0 Å². The van der Waals surface area contributed by atoms with Gasteiger partial charge in [0, 0.05) is 6.42 Å². The SMILES string of the molecule is Cc1ccc(OC2OC[C@@H](O)CC2O)cc1. The van der Waals surface area contributed by atoms with Crippen molar-refractivity contribution in [1.82, 2.24) is 0 Å². The molecule has 2 unspecified atom stereocenters. The number of benzene rings is 1. The maximum absolute atomic E-state index is 9.65. The number of hydrogen-bond acceptors (Lipinski definition) is 4. The molecule has 1 aromatic carbocycles. The summed E-state index contributed by atoms with van der Waals surface area (Å²) >= 11 is 0. The molecular weight excluding hydrogens is 208 g/mol. The highest BCUT2D eigenvalue weighted by molar-refractivity contribution is 5.26.